The zero-order chi connectivity index (χ0) is 66.6. The van der Waals surface area contributed by atoms with E-state index in [0.29, 0.717) is 31.6 Å². The Bertz CT molecular complexity index is 1860. The number of allylic oxidation sites excluding steroid dienone is 4. The molecule has 0 heterocycles. The molecular weight excluding hydrogens is 1190 g/mol. The number of unbranched alkanes of at least 4 members (excludes halogenated alkanes) is 32. The van der Waals surface area contributed by atoms with Crippen LogP contribution >= 0.6 is 15.6 Å². The number of aliphatic hydroxyl groups excluding tert-OH is 1. The summed E-state index contributed by atoms with van der Waals surface area (Å²) in [7, 11) is -9.91. The maximum Gasteiger partial charge on any atom is 0.472 e. The molecule has 3 unspecified atom stereocenters. The van der Waals surface area contributed by atoms with Crippen molar-refractivity contribution in [1.29, 1.82) is 0 Å². The average Bonchev–Trinajstić information content (AvgIpc) is 3.65. The molecule has 0 aromatic heterocycles. The van der Waals surface area contributed by atoms with Gasteiger partial charge in [-0.2, -0.15) is 0 Å². The van der Waals surface area contributed by atoms with Gasteiger partial charge < -0.3 is 33.8 Å². The standard InChI is InChI=1S/C71H134O17P2/c1-8-9-10-11-12-13-14-15-16-17-22-25-32-40-47-54-70(75)87-66(58-81-68(73)52-45-38-30-24-21-19-18-20-23-28-35-42-49-62(2)3)60-85-89(77,78)83-56-65(72)57-84-90(79,80)86-61-67(88-71(76)55-48-41-34-33-37-44-51-64(6)7)59-82-69(74)53-46-39-31-27-26-29-36-43-50-63(4)5/h13-16,62-67,72H,8-12,17-61H2,1-7H3,(H,77,78)(H,79,80)/b14-13-,16-15-/t65?,66-,67-/m1/s1. The van der Waals surface area contributed by atoms with Gasteiger partial charge in [0.25, 0.3) is 0 Å². The van der Waals surface area contributed by atoms with Gasteiger partial charge in [0.2, 0.25) is 0 Å². The smallest absolute Gasteiger partial charge is 0.462 e. The number of aliphatic hydroxyl groups is 1. The summed E-state index contributed by atoms with van der Waals surface area (Å²) in [5, 5.41) is 10.6. The van der Waals surface area contributed by atoms with E-state index in [1.54, 1.807) is 0 Å². The van der Waals surface area contributed by atoms with Crippen LogP contribution in [-0.2, 0) is 65.4 Å². The highest BCUT2D eigenvalue weighted by atomic mass is 31.2. The predicted molar refractivity (Wildman–Crippen MR) is 363 cm³/mol. The number of phosphoric ester groups is 2. The second-order valence-electron chi connectivity index (χ2n) is 26.4. The molecule has 0 aliphatic carbocycles. The Hall–Kier alpha value is -2.46. The quantitative estimate of drug-likeness (QED) is 0.0169. The van der Waals surface area contributed by atoms with Crippen LogP contribution in [0.1, 0.15) is 331 Å². The molecule has 0 bridgehead atoms. The first-order chi connectivity index (χ1) is 43.2. The Morgan fingerprint density at radius 2 is 0.600 bits per heavy atom. The summed E-state index contributed by atoms with van der Waals surface area (Å²) in [6.45, 7) is 11.7. The van der Waals surface area contributed by atoms with Crippen LogP contribution in [0.3, 0.4) is 0 Å². The molecule has 0 saturated heterocycles. The fourth-order valence-electron chi connectivity index (χ4n) is 10.2. The van der Waals surface area contributed by atoms with Gasteiger partial charge >= 0.3 is 39.5 Å². The van der Waals surface area contributed by atoms with Crippen molar-refractivity contribution in [2.75, 3.05) is 39.6 Å². The Balaban J connectivity index is 5.27. The first-order valence-electron chi connectivity index (χ1n) is 36.2. The van der Waals surface area contributed by atoms with Crippen molar-refractivity contribution in [1.82, 2.24) is 0 Å². The molecule has 0 amide bonds. The SMILES string of the molecule is CCCCCC/C=C\C=C/CCCCCCCC(=O)O[C@H](COC(=O)CCCCCCCCCCCCCCC(C)C)COP(=O)(O)OCC(O)COP(=O)(O)OC[C@@H](COC(=O)CCCCCCCCCCC(C)C)OC(=O)CCCCCCCCC(C)C. The monoisotopic (exact) mass is 1320 g/mol. The van der Waals surface area contributed by atoms with Crippen LogP contribution in [0, 0.1) is 17.8 Å². The van der Waals surface area contributed by atoms with Gasteiger partial charge in [-0.05, 0) is 69.1 Å². The molecule has 0 saturated carbocycles. The van der Waals surface area contributed by atoms with E-state index in [1.807, 2.05) is 0 Å². The van der Waals surface area contributed by atoms with Crippen molar-refractivity contribution >= 4 is 39.5 Å². The number of hydrogen-bond acceptors (Lipinski definition) is 15. The minimum atomic E-state index is -4.96. The van der Waals surface area contributed by atoms with E-state index in [1.165, 1.54) is 128 Å². The van der Waals surface area contributed by atoms with E-state index >= 15 is 0 Å². The number of esters is 4. The lowest BCUT2D eigenvalue weighted by Crippen LogP contribution is -2.30. The first kappa shape index (κ1) is 87.5. The van der Waals surface area contributed by atoms with E-state index in [-0.39, 0.29) is 25.7 Å². The highest BCUT2D eigenvalue weighted by Crippen LogP contribution is 2.45. The van der Waals surface area contributed by atoms with E-state index in [9.17, 15) is 43.2 Å². The zero-order valence-electron chi connectivity index (χ0n) is 58.1. The highest BCUT2D eigenvalue weighted by molar-refractivity contribution is 7.47. The van der Waals surface area contributed by atoms with Gasteiger partial charge in [0.05, 0.1) is 26.4 Å². The highest BCUT2D eigenvalue weighted by Gasteiger charge is 2.30. The number of phosphoric acid groups is 2. The lowest BCUT2D eigenvalue weighted by atomic mass is 10.0. The molecule has 90 heavy (non-hydrogen) atoms. The Kier molecular flexibility index (Phi) is 59.7. The number of ether oxygens (including phenoxy) is 4. The third kappa shape index (κ3) is 64.3. The molecule has 0 aliphatic heterocycles. The van der Waals surface area contributed by atoms with Crippen LogP contribution < -0.4 is 0 Å². The Morgan fingerprint density at radius 1 is 0.344 bits per heavy atom. The van der Waals surface area contributed by atoms with E-state index in [0.717, 1.165) is 115 Å². The second kappa shape index (κ2) is 61.4. The maximum absolute atomic E-state index is 13.0. The van der Waals surface area contributed by atoms with Gasteiger partial charge in [0, 0.05) is 25.7 Å². The molecule has 5 atom stereocenters. The largest absolute Gasteiger partial charge is 0.472 e. The summed E-state index contributed by atoms with van der Waals surface area (Å²) in [5.41, 5.74) is 0. The topological polar surface area (TPSA) is 237 Å². The Morgan fingerprint density at radius 3 is 0.900 bits per heavy atom. The minimum absolute atomic E-state index is 0.0844. The minimum Gasteiger partial charge on any atom is -0.462 e. The third-order valence-electron chi connectivity index (χ3n) is 15.8. The molecule has 0 spiro atoms. The third-order valence-corrected chi connectivity index (χ3v) is 17.7. The van der Waals surface area contributed by atoms with Gasteiger partial charge in [-0.25, -0.2) is 9.13 Å². The summed E-state index contributed by atoms with van der Waals surface area (Å²) in [6.07, 6.45) is 48.2. The zero-order valence-corrected chi connectivity index (χ0v) is 59.9. The number of carbonyl (C=O) groups excluding carboxylic acids is 4. The van der Waals surface area contributed by atoms with Gasteiger partial charge in [-0.1, -0.05) is 278 Å². The first-order valence-corrected chi connectivity index (χ1v) is 39.2. The molecule has 3 N–H and O–H groups in total. The normalized spacial score (nSPS) is 14.4. The van der Waals surface area contributed by atoms with Crippen molar-refractivity contribution in [2.24, 2.45) is 17.8 Å². The molecule has 19 heteroatoms. The van der Waals surface area contributed by atoms with E-state index < -0.39 is 97.5 Å². The summed E-state index contributed by atoms with van der Waals surface area (Å²) in [6, 6.07) is 0. The summed E-state index contributed by atoms with van der Waals surface area (Å²) in [4.78, 5) is 72.5. The Labute approximate surface area is 548 Å². The van der Waals surface area contributed by atoms with Crippen molar-refractivity contribution in [3.63, 3.8) is 0 Å². The molecule has 0 fully saturated rings. The van der Waals surface area contributed by atoms with Crippen LogP contribution in [0.4, 0.5) is 0 Å². The van der Waals surface area contributed by atoms with Crippen molar-refractivity contribution in [3.8, 4) is 0 Å². The molecular formula is C71H134O17P2. The molecule has 530 valence electrons. The average molecular weight is 1320 g/mol. The fourth-order valence-corrected chi connectivity index (χ4v) is 11.8. The van der Waals surface area contributed by atoms with Crippen molar-refractivity contribution < 1.29 is 80.2 Å². The summed E-state index contributed by atoms with van der Waals surface area (Å²) < 4.78 is 68.2. The summed E-state index contributed by atoms with van der Waals surface area (Å²) >= 11 is 0. The molecule has 0 radical (unpaired) electrons. The number of rotatable bonds is 67. The van der Waals surface area contributed by atoms with Crippen LogP contribution in [-0.4, -0.2) is 96.7 Å². The van der Waals surface area contributed by atoms with Crippen LogP contribution in [0.5, 0.6) is 0 Å². The molecule has 0 aromatic rings. The van der Waals surface area contributed by atoms with Crippen molar-refractivity contribution in [2.45, 2.75) is 349 Å². The van der Waals surface area contributed by atoms with E-state index in [2.05, 4.69) is 72.8 Å². The van der Waals surface area contributed by atoms with Gasteiger partial charge in [0.1, 0.15) is 19.3 Å². The van der Waals surface area contributed by atoms with Crippen molar-refractivity contribution in [3.05, 3.63) is 24.3 Å². The second-order valence-corrected chi connectivity index (χ2v) is 29.3. The van der Waals surface area contributed by atoms with Gasteiger partial charge in [-0.3, -0.25) is 37.3 Å². The summed E-state index contributed by atoms with van der Waals surface area (Å²) in [5.74, 6) is 0.0112. The predicted octanol–water partition coefficient (Wildman–Crippen LogP) is 19.8. The van der Waals surface area contributed by atoms with Gasteiger partial charge in [0.15, 0.2) is 12.2 Å². The molecule has 0 rings (SSSR count). The lowest BCUT2D eigenvalue weighted by Gasteiger charge is -2.21. The number of carbonyl (C=O) groups is 4. The molecule has 0 aromatic carbocycles. The lowest BCUT2D eigenvalue weighted by molar-refractivity contribution is -0.161. The van der Waals surface area contributed by atoms with Crippen LogP contribution in [0.15, 0.2) is 24.3 Å². The van der Waals surface area contributed by atoms with Crippen LogP contribution in [0.2, 0.25) is 0 Å². The van der Waals surface area contributed by atoms with Crippen LogP contribution in [0.25, 0.3) is 0 Å². The fraction of sp³-hybridized carbons (Fsp3) is 0.887. The number of hydrogen-bond donors (Lipinski definition) is 3. The van der Waals surface area contributed by atoms with E-state index in [4.69, 9.17) is 37.0 Å². The molecule has 17 nitrogen and oxygen atoms in total. The molecule has 0 aliphatic rings. The van der Waals surface area contributed by atoms with Gasteiger partial charge in [-0.15, -0.1) is 0 Å². The maximum atomic E-state index is 13.0.